The molecule has 0 aliphatic heterocycles. The van der Waals surface area contributed by atoms with Gasteiger partial charge in [-0.2, -0.15) is 22.0 Å². The van der Waals surface area contributed by atoms with E-state index in [1.807, 2.05) is 0 Å². The van der Waals surface area contributed by atoms with Gasteiger partial charge in [0.1, 0.15) is 0 Å². The Morgan fingerprint density at radius 2 is 1.81 bits per heavy atom. The zero-order chi connectivity index (χ0) is 13.1. The summed E-state index contributed by atoms with van der Waals surface area (Å²) in [6.07, 6.45) is -7.09. The van der Waals surface area contributed by atoms with Crippen molar-refractivity contribution in [2.24, 2.45) is 5.73 Å². The molecule has 0 fully saturated rings. The Balaban J connectivity index is 4.38. The first kappa shape index (κ1) is 15.0. The maximum atomic E-state index is 12.3. The van der Waals surface area contributed by atoms with Gasteiger partial charge < -0.3 is 16.2 Å². The van der Waals surface area contributed by atoms with Gasteiger partial charge in [-0.1, -0.05) is 0 Å². The number of hydrogen-bond acceptors (Lipinski definition) is 3. The third kappa shape index (κ3) is 3.56. The first-order valence-corrected chi connectivity index (χ1v) is 4.16. The Bertz CT molecular complexity index is 254. The smallest absolute Gasteiger partial charge is 0.392 e. The minimum atomic E-state index is -5.95. The molecule has 4 N–H and O–H groups in total. The number of aliphatic hydroxyl groups is 1. The number of alkyl halides is 5. The zero-order valence-electron chi connectivity index (χ0n) is 8.18. The molecule has 2 unspecified atom stereocenters. The maximum Gasteiger partial charge on any atom is 0.463 e. The van der Waals surface area contributed by atoms with Gasteiger partial charge in [0.25, 0.3) is 5.91 Å². The van der Waals surface area contributed by atoms with Crippen LogP contribution in [0.3, 0.4) is 0 Å². The standard InChI is InChI=1S/C7H11F5N2O2/c1-3(15)4(13)2-14-5(16)6(8,9)7(10,11)12/h3-4,15H,2,13H2,1H3,(H,14,16). The van der Waals surface area contributed by atoms with Crippen molar-refractivity contribution < 1.29 is 31.9 Å². The Morgan fingerprint density at radius 1 is 1.38 bits per heavy atom. The van der Waals surface area contributed by atoms with Crippen LogP contribution in [0.4, 0.5) is 22.0 Å². The van der Waals surface area contributed by atoms with Crippen LogP contribution in [0.15, 0.2) is 0 Å². The topological polar surface area (TPSA) is 75.3 Å². The highest BCUT2D eigenvalue weighted by Gasteiger charge is 2.63. The quantitative estimate of drug-likeness (QED) is 0.615. The molecule has 0 aromatic heterocycles. The summed E-state index contributed by atoms with van der Waals surface area (Å²) in [5.41, 5.74) is 5.13. The number of nitrogens with two attached hydrogens (primary N) is 1. The van der Waals surface area contributed by atoms with Crippen molar-refractivity contribution in [1.82, 2.24) is 5.32 Å². The summed E-state index contributed by atoms with van der Waals surface area (Å²) in [5, 5.41) is 10.1. The lowest BCUT2D eigenvalue weighted by molar-refractivity contribution is -0.269. The second-order valence-electron chi connectivity index (χ2n) is 3.19. The number of carbonyl (C=O) groups excluding carboxylic acids is 1. The Hall–Kier alpha value is -0.960. The first-order valence-electron chi connectivity index (χ1n) is 4.16. The highest BCUT2D eigenvalue weighted by Crippen LogP contribution is 2.35. The van der Waals surface area contributed by atoms with Crippen molar-refractivity contribution in [2.75, 3.05) is 6.54 Å². The predicted molar refractivity (Wildman–Crippen MR) is 43.7 cm³/mol. The van der Waals surface area contributed by atoms with E-state index in [2.05, 4.69) is 0 Å². The average Bonchev–Trinajstić information content (AvgIpc) is 2.11. The first-order chi connectivity index (χ1) is 7.00. The summed E-state index contributed by atoms with van der Waals surface area (Å²) in [6, 6.07) is -1.12. The SMILES string of the molecule is CC(O)C(N)CNC(=O)C(F)(F)C(F)(F)F. The second-order valence-corrected chi connectivity index (χ2v) is 3.19. The number of hydrogen-bond donors (Lipinski definition) is 3. The molecule has 2 atom stereocenters. The van der Waals surface area contributed by atoms with Crippen molar-refractivity contribution in [1.29, 1.82) is 0 Å². The highest BCUT2D eigenvalue weighted by atomic mass is 19.4. The van der Waals surface area contributed by atoms with E-state index in [4.69, 9.17) is 10.8 Å². The van der Waals surface area contributed by atoms with Crippen molar-refractivity contribution in [3.05, 3.63) is 0 Å². The molecule has 0 radical (unpaired) electrons. The molecule has 0 saturated heterocycles. The van der Waals surface area contributed by atoms with Gasteiger partial charge in [-0.3, -0.25) is 4.79 Å². The highest BCUT2D eigenvalue weighted by molar-refractivity contribution is 5.84. The van der Waals surface area contributed by atoms with Crippen LogP contribution in [0.25, 0.3) is 0 Å². The van der Waals surface area contributed by atoms with Crippen molar-refractivity contribution >= 4 is 5.91 Å². The van der Waals surface area contributed by atoms with Crippen LogP contribution < -0.4 is 11.1 Å². The molecule has 16 heavy (non-hydrogen) atoms. The molecular formula is C7H11F5N2O2. The van der Waals surface area contributed by atoms with Gasteiger partial charge in [-0.15, -0.1) is 0 Å². The van der Waals surface area contributed by atoms with Crippen LogP contribution in [-0.2, 0) is 4.79 Å². The number of nitrogens with one attached hydrogen (secondary N) is 1. The van der Waals surface area contributed by atoms with Crippen LogP contribution in [0.5, 0.6) is 0 Å². The van der Waals surface area contributed by atoms with Gasteiger partial charge >= 0.3 is 12.1 Å². The molecule has 0 bridgehead atoms. The molecular weight excluding hydrogens is 239 g/mol. The lowest BCUT2D eigenvalue weighted by Crippen LogP contribution is -2.53. The largest absolute Gasteiger partial charge is 0.463 e. The van der Waals surface area contributed by atoms with Gasteiger partial charge in [0.2, 0.25) is 0 Å². The van der Waals surface area contributed by atoms with Crippen molar-refractivity contribution in [3.63, 3.8) is 0 Å². The number of carbonyl (C=O) groups is 1. The molecule has 9 heteroatoms. The van der Waals surface area contributed by atoms with E-state index < -0.39 is 36.7 Å². The van der Waals surface area contributed by atoms with Gasteiger partial charge in [-0.25, -0.2) is 0 Å². The molecule has 0 saturated carbocycles. The van der Waals surface area contributed by atoms with E-state index >= 15 is 0 Å². The average molecular weight is 250 g/mol. The fourth-order valence-corrected chi connectivity index (χ4v) is 0.621. The summed E-state index contributed by atoms with van der Waals surface area (Å²) >= 11 is 0. The minimum Gasteiger partial charge on any atom is -0.392 e. The Labute approximate surface area is 87.6 Å². The molecule has 0 heterocycles. The molecule has 0 aromatic rings. The van der Waals surface area contributed by atoms with Gasteiger partial charge in [-0.05, 0) is 6.92 Å². The summed E-state index contributed by atoms with van der Waals surface area (Å²) in [4.78, 5) is 10.5. The monoisotopic (exact) mass is 250 g/mol. The number of amides is 1. The Kier molecular flexibility index (Phi) is 4.62. The molecule has 0 rings (SSSR count). The fourth-order valence-electron chi connectivity index (χ4n) is 0.621. The Morgan fingerprint density at radius 3 is 2.12 bits per heavy atom. The summed E-state index contributed by atoms with van der Waals surface area (Å²) in [5.74, 6) is -7.96. The van der Waals surface area contributed by atoms with E-state index in [0.717, 1.165) is 0 Å². The number of halogens is 5. The summed E-state index contributed by atoms with van der Waals surface area (Å²) < 4.78 is 59.7. The number of aliphatic hydroxyl groups excluding tert-OH is 1. The van der Waals surface area contributed by atoms with Gasteiger partial charge in [0, 0.05) is 12.6 Å². The van der Waals surface area contributed by atoms with Crippen LogP contribution >= 0.6 is 0 Å². The lowest BCUT2D eigenvalue weighted by atomic mass is 10.2. The van der Waals surface area contributed by atoms with E-state index in [9.17, 15) is 26.7 Å². The fraction of sp³-hybridized carbons (Fsp3) is 0.857. The van der Waals surface area contributed by atoms with Crippen LogP contribution in [0.2, 0.25) is 0 Å². The molecule has 0 aromatic carbocycles. The molecule has 4 nitrogen and oxygen atoms in total. The van der Waals surface area contributed by atoms with Crippen molar-refractivity contribution in [3.8, 4) is 0 Å². The molecule has 0 aliphatic carbocycles. The van der Waals surface area contributed by atoms with Crippen LogP contribution in [0, 0.1) is 0 Å². The number of rotatable bonds is 4. The van der Waals surface area contributed by atoms with Crippen molar-refractivity contribution in [2.45, 2.75) is 31.2 Å². The third-order valence-corrected chi connectivity index (χ3v) is 1.76. The molecule has 96 valence electrons. The predicted octanol–water partition coefficient (Wildman–Crippen LogP) is 0.00830. The third-order valence-electron chi connectivity index (χ3n) is 1.76. The normalized spacial score (nSPS) is 16.8. The molecule has 1 amide bonds. The summed E-state index contributed by atoms with van der Waals surface area (Å²) in [7, 11) is 0. The minimum absolute atomic E-state index is 0.678. The van der Waals surface area contributed by atoms with E-state index in [1.165, 1.54) is 12.2 Å². The zero-order valence-corrected chi connectivity index (χ0v) is 8.18. The van der Waals surface area contributed by atoms with E-state index in [0.29, 0.717) is 0 Å². The molecule has 0 spiro atoms. The summed E-state index contributed by atoms with van der Waals surface area (Å²) in [6.45, 7) is 0.529. The van der Waals surface area contributed by atoms with Gasteiger partial charge in [0.15, 0.2) is 0 Å². The molecule has 0 aliphatic rings. The maximum absolute atomic E-state index is 12.3. The van der Waals surface area contributed by atoms with E-state index in [1.54, 1.807) is 0 Å². The van der Waals surface area contributed by atoms with E-state index in [-0.39, 0.29) is 0 Å². The van der Waals surface area contributed by atoms with Crippen LogP contribution in [0.1, 0.15) is 6.92 Å². The second kappa shape index (κ2) is 4.91. The lowest BCUT2D eigenvalue weighted by Gasteiger charge is -2.21. The van der Waals surface area contributed by atoms with Gasteiger partial charge in [0.05, 0.1) is 6.10 Å². The van der Waals surface area contributed by atoms with Crippen LogP contribution in [-0.4, -0.2) is 41.8 Å².